The fourth-order valence-electron chi connectivity index (χ4n) is 1.96. The van der Waals surface area contributed by atoms with Gasteiger partial charge in [0.15, 0.2) is 16.7 Å². The summed E-state index contributed by atoms with van der Waals surface area (Å²) in [6.45, 7) is 1.99. The standard InChI is InChI=1S/C12H13BrN2O3S/c1-7(16)19-9-4-11(17)15(6-9)12-10(18-2)3-8(13)5-14-12/h3,5,9H,4,6H2,1-2H3. The maximum Gasteiger partial charge on any atom is 0.229 e. The molecule has 1 aliphatic heterocycles. The molecule has 1 saturated heterocycles. The molecule has 19 heavy (non-hydrogen) atoms. The van der Waals surface area contributed by atoms with Crippen LogP contribution in [0.1, 0.15) is 13.3 Å². The lowest BCUT2D eigenvalue weighted by molar-refractivity contribution is -0.117. The molecule has 1 aliphatic rings. The van der Waals surface area contributed by atoms with E-state index in [9.17, 15) is 9.59 Å². The molecular formula is C12H13BrN2O3S. The number of rotatable bonds is 3. The SMILES string of the molecule is COc1cc(Br)cnc1N1CC(SC(C)=O)CC1=O. The molecule has 1 unspecified atom stereocenters. The van der Waals surface area contributed by atoms with Crippen LogP contribution < -0.4 is 9.64 Å². The predicted octanol–water partition coefficient (Wildman–Crippen LogP) is 2.24. The number of nitrogens with zero attached hydrogens (tertiary/aromatic N) is 2. The number of carbonyl (C=O) groups excluding carboxylic acids is 2. The summed E-state index contributed by atoms with van der Waals surface area (Å²) in [5.41, 5.74) is 0. The average Bonchev–Trinajstić information content (AvgIpc) is 2.69. The van der Waals surface area contributed by atoms with Crippen LogP contribution in [0.3, 0.4) is 0 Å². The number of hydrogen-bond acceptors (Lipinski definition) is 5. The van der Waals surface area contributed by atoms with Crippen LogP contribution in [0, 0.1) is 0 Å². The van der Waals surface area contributed by atoms with Gasteiger partial charge in [-0.1, -0.05) is 11.8 Å². The second-order valence-corrected chi connectivity index (χ2v) is 6.51. The molecule has 2 rings (SSSR count). The van der Waals surface area contributed by atoms with Crippen molar-refractivity contribution in [3.05, 3.63) is 16.7 Å². The van der Waals surface area contributed by atoms with Gasteiger partial charge in [-0.05, 0) is 22.0 Å². The fourth-order valence-corrected chi connectivity index (χ4v) is 3.19. The minimum Gasteiger partial charge on any atom is -0.493 e. The molecule has 0 N–H and O–H groups in total. The minimum absolute atomic E-state index is 0.0137. The summed E-state index contributed by atoms with van der Waals surface area (Å²) in [5, 5.41) is 0.00975. The van der Waals surface area contributed by atoms with E-state index in [4.69, 9.17) is 4.74 Å². The zero-order valence-electron chi connectivity index (χ0n) is 10.6. The number of carbonyl (C=O) groups is 2. The Balaban J connectivity index is 2.23. The highest BCUT2D eigenvalue weighted by Gasteiger charge is 2.34. The van der Waals surface area contributed by atoms with E-state index in [0.717, 1.165) is 4.47 Å². The van der Waals surface area contributed by atoms with Gasteiger partial charge in [-0.25, -0.2) is 4.98 Å². The zero-order chi connectivity index (χ0) is 14.0. The summed E-state index contributed by atoms with van der Waals surface area (Å²) in [6, 6.07) is 1.76. The van der Waals surface area contributed by atoms with Crippen LogP contribution in [0.15, 0.2) is 16.7 Å². The third-order valence-electron chi connectivity index (χ3n) is 2.70. The van der Waals surface area contributed by atoms with Crippen molar-refractivity contribution in [3.8, 4) is 5.75 Å². The second-order valence-electron chi connectivity index (χ2n) is 4.12. The smallest absolute Gasteiger partial charge is 0.229 e. The molecule has 0 aliphatic carbocycles. The Hall–Kier alpha value is -1.08. The lowest BCUT2D eigenvalue weighted by Crippen LogP contribution is -2.26. The molecule has 1 atom stereocenters. The number of aromatic nitrogens is 1. The third-order valence-corrected chi connectivity index (χ3v) is 4.11. The van der Waals surface area contributed by atoms with Crippen LogP contribution >= 0.6 is 27.7 Å². The number of pyridine rings is 1. The van der Waals surface area contributed by atoms with Gasteiger partial charge in [-0.2, -0.15) is 0 Å². The van der Waals surface area contributed by atoms with Crippen molar-refractivity contribution in [2.45, 2.75) is 18.6 Å². The number of halogens is 1. The number of amides is 1. The number of thioether (sulfide) groups is 1. The Morgan fingerprint density at radius 1 is 1.63 bits per heavy atom. The molecule has 0 bridgehead atoms. The van der Waals surface area contributed by atoms with Gasteiger partial charge in [-0.15, -0.1) is 0 Å². The van der Waals surface area contributed by atoms with Gasteiger partial charge in [0.1, 0.15) is 0 Å². The molecule has 1 aromatic rings. The second kappa shape index (κ2) is 5.92. The summed E-state index contributed by atoms with van der Waals surface area (Å²) < 4.78 is 6.03. The van der Waals surface area contributed by atoms with Crippen molar-refractivity contribution in [2.75, 3.05) is 18.6 Å². The lowest BCUT2D eigenvalue weighted by Gasteiger charge is -2.18. The highest BCUT2D eigenvalue weighted by Crippen LogP contribution is 2.34. The Morgan fingerprint density at radius 3 is 3.00 bits per heavy atom. The molecular weight excluding hydrogens is 332 g/mol. The number of anilines is 1. The maximum atomic E-state index is 12.0. The highest BCUT2D eigenvalue weighted by molar-refractivity contribution is 9.10. The average molecular weight is 345 g/mol. The van der Waals surface area contributed by atoms with Crippen molar-refractivity contribution in [1.82, 2.24) is 4.98 Å². The summed E-state index contributed by atoms with van der Waals surface area (Å²) in [4.78, 5) is 28.9. The van der Waals surface area contributed by atoms with E-state index in [1.54, 1.807) is 17.2 Å². The van der Waals surface area contributed by atoms with E-state index in [-0.39, 0.29) is 16.3 Å². The molecule has 0 saturated carbocycles. The topological polar surface area (TPSA) is 59.5 Å². The Kier molecular flexibility index (Phi) is 4.46. The van der Waals surface area contributed by atoms with Gasteiger partial charge < -0.3 is 4.74 Å². The first-order chi connectivity index (χ1) is 9.01. The predicted molar refractivity (Wildman–Crippen MR) is 77.5 cm³/mol. The summed E-state index contributed by atoms with van der Waals surface area (Å²) in [6.07, 6.45) is 1.97. The van der Waals surface area contributed by atoms with Gasteiger partial charge in [-0.3, -0.25) is 14.5 Å². The van der Waals surface area contributed by atoms with E-state index < -0.39 is 0 Å². The Bertz CT molecular complexity index is 524. The van der Waals surface area contributed by atoms with Gasteiger partial charge in [0.05, 0.1) is 7.11 Å². The van der Waals surface area contributed by atoms with Crippen LogP contribution in [0.2, 0.25) is 0 Å². The van der Waals surface area contributed by atoms with Gasteiger partial charge in [0, 0.05) is 35.8 Å². The Labute approximate surface area is 123 Å². The number of hydrogen-bond donors (Lipinski definition) is 0. The molecule has 1 fully saturated rings. The molecule has 0 aromatic carbocycles. The normalized spacial score (nSPS) is 18.8. The molecule has 0 spiro atoms. The van der Waals surface area contributed by atoms with Crippen molar-refractivity contribution in [3.63, 3.8) is 0 Å². The molecule has 102 valence electrons. The quantitative estimate of drug-likeness (QED) is 0.841. The Morgan fingerprint density at radius 2 is 2.37 bits per heavy atom. The van der Waals surface area contributed by atoms with Crippen molar-refractivity contribution in [1.29, 1.82) is 0 Å². The van der Waals surface area contributed by atoms with Crippen LogP contribution in [0.4, 0.5) is 5.82 Å². The van der Waals surface area contributed by atoms with Crippen LogP contribution in [-0.2, 0) is 9.59 Å². The van der Waals surface area contributed by atoms with Crippen molar-refractivity contribution < 1.29 is 14.3 Å². The third kappa shape index (κ3) is 3.27. The molecule has 2 heterocycles. The van der Waals surface area contributed by atoms with Crippen LogP contribution in [0.5, 0.6) is 5.75 Å². The molecule has 1 amide bonds. The monoisotopic (exact) mass is 344 g/mol. The molecule has 7 heteroatoms. The van der Waals surface area contributed by atoms with E-state index >= 15 is 0 Å². The van der Waals surface area contributed by atoms with E-state index in [1.165, 1.54) is 25.8 Å². The van der Waals surface area contributed by atoms with Crippen molar-refractivity contribution in [2.24, 2.45) is 0 Å². The number of ether oxygens (including phenoxy) is 1. The largest absolute Gasteiger partial charge is 0.493 e. The summed E-state index contributed by atoms with van der Waals surface area (Å²) >= 11 is 4.51. The number of methoxy groups -OCH3 is 1. The van der Waals surface area contributed by atoms with E-state index in [0.29, 0.717) is 24.5 Å². The first kappa shape index (κ1) is 14.3. The first-order valence-electron chi connectivity index (χ1n) is 5.68. The van der Waals surface area contributed by atoms with Gasteiger partial charge >= 0.3 is 0 Å². The first-order valence-corrected chi connectivity index (χ1v) is 7.35. The minimum atomic E-state index is -0.0353. The maximum absolute atomic E-state index is 12.0. The summed E-state index contributed by atoms with van der Waals surface area (Å²) in [5.74, 6) is 1.01. The van der Waals surface area contributed by atoms with Gasteiger partial charge in [0.25, 0.3) is 0 Å². The summed E-state index contributed by atoms with van der Waals surface area (Å²) in [7, 11) is 1.54. The lowest BCUT2D eigenvalue weighted by atomic mass is 10.4. The van der Waals surface area contributed by atoms with Crippen LogP contribution in [-0.4, -0.2) is 34.9 Å². The fraction of sp³-hybridized carbons (Fsp3) is 0.417. The molecule has 0 radical (unpaired) electrons. The highest BCUT2D eigenvalue weighted by atomic mass is 79.9. The molecule has 1 aromatic heterocycles. The zero-order valence-corrected chi connectivity index (χ0v) is 13.0. The van der Waals surface area contributed by atoms with E-state index in [1.807, 2.05) is 0 Å². The van der Waals surface area contributed by atoms with Crippen molar-refractivity contribution >= 4 is 44.5 Å². The van der Waals surface area contributed by atoms with E-state index in [2.05, 4.69) is 20.9 Å². The molecule has 5 nitrogen and oxygen atoms in total. The van der Waals surface area contributed by atoms with Crippen LogP contribution in [0.25, 0.3) is 0 Å². The van der Waals surface area contributed by atoms with Gasteiger partial charge in [0.2, 0.25) is 5.91 Å².